The van der Waals surface area contributed by atoms with Crippen molar-refractivity contribution in [3.63, 3.8) is 0 Å². The molecule has 166 valence electrons. The van der Waals surface area contributed by atoms with Gasteiger partial charge >= 0.3 is 0 Å². The van der Waals surface area contributed by atoms with E-state index in [1.54, 1.807) is 34.9 Å². The fourth-order valence-corrected chi connectivity index (χ4v) is 4.59. The van der Waals surface area contributed by atoms with Gasteiger partial charge in [0.15, 0.2) is 11.0 Å². The minimum absolute atomic E-state index is 0.0623. The number of aromatic nitrogens is 3. The number of aliphatic hydroxyl groups excluding tert-OH is 1. The van der Waals surface area contributed by atoms with E-state index >= 15 is 0 Å². The van der Waals surface area contributed by atoms with Gasteiger partial charge in [-0.1, -0.05) is 23.9 Å². The summed E-state index contributed by atoms with van der Waals surface area (Å²) in [5, 5.41) is 21.1. The maximum Gasteiger partial charge on any atom is 0.242 e. The molecule has 0 radical (unpaired) electrons. The average molecular weight is 466 g/mol. The third-order valence-corrected chi connectivity index (χ3v) is 7.13. The first-order valence-corrected chi connectivity index (χ1v) is 12.0. The number of benzene rings is 2. The number of hydrogen-bond donors (Lipinski definition) is 2. The molecule has 8 nitrogen and oxygen atoms in total. The quantitative estimate of drug-likeness (QED) is 0.349. The molecular formula is C20H24FN5O3S2. The predicted molar refractivity (Wildman–Crippen MR) is 118 cm³/mol. The summed E-state index contributed by atoms with van der Waals surface area (Å²) >= 11 is 1.45. The second-order valence-corrected chi connectivity index (χ2v) is 9.97. The number of thioether (sulfide) groups is 1. The number of rotatable bonds is 10. The molecule has 0 atom stereocenters. The fraction of sp³-hybridized carbons (Fsp3) is 0.300. The highest BCUT2D eigenvalue weighted by atomic mass is 32.2. The van der Waals surface area contributed by atoms with Gasteiger partial charge in [0.25, 0.3) is 0 Å². The minimum Gasteiger partial charge on any atom is -0.395 e. The first-order valence-electron chi connectivity index (χ1n) is 9.53. The zero-order valence-corrected chi connectivity index (χ0v) is 18.8. The lowest BCUT2D eigenvalue weighted by molar-refractivity contribution is 0.294. The summed E-state index contributed by atoms with van der Waals surface area (Å²) in [6, 6.07) is 12.4. The lowest BCUT2D eigenvalue weighted by Gasteiger charge is -2.13. The van der Waals surface area contributed by atoms with E-state index < -0.39 is 10.0 Å². The molecule has 11 heteroatoms. The van der Waals surface area contributed by atoms with Gasteiger partial charge in [-0.15, -0.1) is 10.2 Å². The van der Waals surface area contributed by atoms with Gasteiger partial charge < -0.3 is 10.4 Å². The van der Waals surface area contributed by atoms with E-state index in [0.717, 1.165) is 4.31 Å². The molecule has 0 unspecified atom stereocenters. The molecule has 0 fully saturated rings. The first-order chi connectivity index (χ1) is 14.8. The zero-order valence-electron chi connectivity index (χ0n) is 17.2. The molecule has 0 saturated heterocycles. The average Bonchev–Trinajstić information content (AvgIpc) is 3.18. The normalized spacial score (nSPS) is 11.9. The molecule has 2 N–H and O–H groups in total. The predicted octanol–water partition coefficient (Wildman–Crippen LogP) is 2.00. The van der Waals surface area contributed by atoms with Crippen LogP contribution >= 0.6 is 11.8 Å². The highest BCUT2D eigenvalue weighted by Gasteiger charge is 2.21. The first kappa shape index (κ1) is 23.4. The summed E-state index contributed by atoms with van der Waals surface area (Å²) in [6.07, 6.45) is 0. The molecule has 2 aromatic carbocycles. The van der Waals surface area contributed by atoms with Crippen molar-refractivity contribution in [1.29, 1.82) is 0 Å². The van der Waals surface area contributed by atoms with Crippen molar-refractivity contribution in [3.05, 3.63) is 54.3 Å². The summed E-state index contributed by atoms with van der Waals surface area (Å²) in [4.78, 5) is 0.145. The molecule has 1 heterocycles. The second-order valence-electron chi connectivity index (χ2n) is 6.76. The third-order valence-electron chi connectivity index (χ3n) is 4.39. The maximum atomic E-state index is 13.5. The molecule has 0 spiro atoms. The highest BCUT2D eigenvalue weighted by molar-refractivity contribution is 7.99. The van der Waals surface area contributed by atoms with E-state index in [1.807, 2.05) is 0 Å². The SMILES string of the molecule is CN(C)S(=O)(=O)c1cccc(-c2nnc(SCCNCCO)n2-c2ccc(F)cc2)c1. The zero-order chi connectivity index (χ0) is 22.4. The smallest absolute Gasteiger partial charge is 0.242 e. The van der Waals surface area contributed by atoms with E-state index in [-0.39, 0.29) is 17.3 Å². The Morgan fingerprint density at radius 2 is 1.87 bits per heavy atom. The van der Waals surface area contributed by atoms with Gasteiger partial charge in [0, 0.05) is 44.2 Å². The lowest BCUT2D eigenvalue weighted by Crippen LogP contribution is -2.22. The van der Waals surface area contributed by atoms with Gasteiger partial charge in [0.05, 0.1) is 11.5 Å². The Hall–Kier alpha value is -2.31. The topological polar surface area (TPSA) is 100 Å². The van der Waals surface area contributed by atoms with Gasteiger partial charge in [-0.05, 0) is 36.4 Å². The number of hydrogen-bond acceptors (Lipinski definition) is 7. The Morgan fingerprint density at radius 1 is 1.13 bits per heavy atom. The van der Waals surface area contributed by atoms with Crippen LogP contribution in [0.5, 0.6) is 0 Å². The van der Waals surface area contributed by atoms with Gasteiger partial charge in [-0.25, -0.2) is 17.1 Å². The van der Waals surface area contributed by atoms with Crippen LogP contribution in [0.3, 0.4) is 0 Å². The van der Waals surface area contributed by atoms with Crippen molar-refractivity contribution < 1.29 is 17.9 Å². The Balaban J connectivity index is 2.01. The van der Waals surface area contributed by atoms with E-state index in [1.165, 1.54) is 44.1 Å². The van der Waals surface area contributed by atoms with Crippen LogP contribution in [0.25, 0.3) is 17.1 Å². The highest BCUT2D eigenvalue weighted by Crippen LogP contribution is 2.29. The van der Waals surface area contributed by atoms with Crippen molar-refractivity contribution >= 4 is 21.8 Å². The van der Waals surface area contributed by atoms with Crippen molar-refractivity contribution in [1.82, 2.24) is 24.4 Å². The molecule has 1 aromatic heterocycles. The van der Waals surface area contributed by atoms with Crippen LogP contribution in [0.4, 0.5) is 4.39 Å². The Kier molecular flexibility index (Phi) is 7.79. The van der Waals surface area contributed by atoms with Crippen molar-refractivity contribution in [2.24, 2.45) is 0 Å². The van der Waals surface area contributed by atoms with Crippen LogP contribution in [0.2, 0.25) is 0 Å². The van der Waals surface area contributed by atoms with Crippen LogP contribution < -0.4 is 5.32 Å². The van der Waals surface area contributed by atoms with Crippen molar-refractivity contribution in [3.8, 4) is 17.1 Å². The molecule has 0 aliphatic heterocycles. The Labute approximate surface area is 185 Å². The Morgan fingerprint density at radius 3 is 2.55 bits per heavy atom. The van der Waals surface area contributed by atoms with Crippen LogP contribution in [0, 0.1) is 5.82 Å². The van der Waals surface area contributed by atoms with E-state index in [4.69, 9.17) is 5.11 Å². The Bertz CT molecular complexity index is 1120. The van der Waals surface area contributed by atoms with Gasteiger partial charge in [-0.3, -0.25) is 4.57 Å². The molecule has 0 saturated carbocycles. The number of halogens is 1. The number of sulfonamides is 1. The second kappa shape index (κ2) is 10.3. The molecule has 0 aliphatic rings. The summed E-state index contributed by atoms with van der Waals surface area (Å²) in [5.41, 5.74) is 1.23. The number of aliphatic hydroxyl groups is 1. The monoisotopic (exact) mass is 465 g/mol. The molecule has 0 amide bonds. The molecule has 0 bridgehead atoms. The van der Waals surface area contributed by atoms with Gasteiger partial charge in [0.2, 0.25) is 10.0 Å². The summed E-state index contributed by atoms with van der Waals surface area (Å²) in [6.45, 7) is 1.23. The summed E-state index contributed by atoms with van der Waals surface area (Å²) in [5.74, 6) is 0.766. The fourth-order valence-electron chi connectivity index (χ4n) is 2.80. The largest absolute Gasteiger partial charge is 0.395 e. The van der Waals surface area contributed by atoms with Crippen LogP contribution in [0.15, 0.2) is 58.6 Å². The van der Waals surface area contributed by atoms with Crippen molar-refractivity contribution in [2.75, 3.05) is 39.5 Å². The summed E-state index contributed by atoms with van der Waals surface area (Å²) in [7, 11) is -0.665. The van der Waals surface area contributed by atoms with Crippen LogP contribution in [0.1, 0.15) is 0 Å². The number of nitrogens with one attached hydrogen (secondary N) is 1. The minimum atomic E-state index is -3.61. The van der Waals surface area contributed by atoms with Crippen LogP contribution in [-0.4, -0.2) is 72.1 Å². The van der Waals surface area contributed by atoms with E-state index in [2.05, 4.69) is 15.5 Å². The standard InChI is InChI=1S/C20H24FN5O3S2/c1-25(2)31(28,29)18-5-3-4-15(14-18)19-23-24-20(30-13-11-22-10-12-27)26(19)17-8-6-16(21)7-9-17/h3-9,14,22,27H,10-13H2,1-2H3. The number of nitrogens with zero attached hydrogens (tertiary/aromatic N) is 4. The summed E-state index contributed by atoms with van der Waals surface area (Å²) < 4.78 is 41.5. The van der Waals surface area contributed by atoms with Gasteiger partial charge in [0.1, 0.15) is 5.82 Å². The molecule has 3 rings (SSSR count). The molecular weight excluding hydrogens is 441 g/mol. The van der Waals surface area contributed by atoms with E-state index in [0.29, 0.717) is 41.1 Å². The molecule has 0 aliphatic carbocycles. The molecule has 3 aromatic rings. The van der Waals surface area contributed by atoms with Gasteiger partial charge in [-0.2, -0.15) is 0 Å². The van der Waals surface area contributed by atoms with Crippen LogP contribution in [-0.2, 0) is 10.0 Å². The van der Waals surface area contributed by atoms with E-state index in [9.17, 15) is 12.8 Å². The lowest BCUT2D eigenvalue weighted by atomic mass is 10.2. The van der Waals surface area contributed by atoms with Crippen molar-refractivity contribution in [2.45, 2.75) is 10.1 Å². The third kappa shape index (κ3) is 5.49. The maximum absolute atomic E-state index is 13.5. The molecule has 31 heavy (non-hydrogen) atoms.